The molecule has 2 aliphatic rings. The van der Waals surface area contributed by atoms with Gasteiger partial charge in [-0.1, -0.05) is 6.07 Å². The fourth-order valence-corrected chi connectivity index (χ4v) is 5.12. The van der Waals surface area contributed by atoms with Gasteiger partial charge in [-0.2, -0.15) is 5.10 Å². The van der Waals surface area contributed by atoms with Gasteiger partial charge < -0.3 is 26.2 Å². The van der Waals surface area contributed by atoms with Crippen molar-refractivity contribution in [2.75, 3.05) is 11.5 Å². The van der Waals surface area contributed by atoms with E-state index in [9.17, 15) is 18.7 Å². The number of rotatable bonds is 4. The monoisotopic (exact) mass is 451 g/mol. The molecule has 2 aliphatic heterocycles. The van der Waals surface area contributed by atoms with E-state index in [1.165, 1.54) is 34.7 Å². The number of aliphatic hydroxyl groups is 1. The number of hydrogen-bond acceptors (Lipinski definition) is 7. The molecular weight excluding hydrogens is 428 g/mol. The normalized spacial score (nSPS) is 26.6. The first-order chi connectivity index (χ1) is 14.8. The van der Waals surface area contributed by atoms with Crippen molar-refractivity contribution >= 4 is 23.4 Å². The van der Waals surface area contributed by atoms with Crippen molar-refractivity contribution in [3.8, 4) is 0 Å². The summed E-state index contributed by atoms with van der Waals surface area (Å²) in [6.45, 7) is 0.0368. The summed E-state index contributed by atoms with van der Waals surface area (Å²) in [5.41, 5.74) is 12.5. The van der Waals surface area contributed by atoms with Crippen molar-refractivity contribution in [1.82, 2.24) is 9.78 Å². The number of benzene rings is 1. The first-order valence-electron chi connectivity index (χ1n) is 9.75. The Labute approximate surface area is 181 Å². The summed E-state index contributed by atoms with van der Waals surface area (Å²) in [6.07, 6.45) is 1.23. The van der Waals surface area contributed by atoms with Crippen LogP contribution >= 0.6 is 11.8 Å². The fraction of sp³-hybridized carbons (Fsp3) is 0.400. The van der Waals surface area contributed by atoms with Crippen LogP contribution < -0.4 is 16.4 Å². The molecule has 2 aromatic rings. The number of nitrogens with two attached hydrogens (primary N) is 2. The quantitative estimate of drug-likeness (QED) is 0.649. The third kappa shape index (κ3) is 3.93. The zero-order valence-electron chi connectivity index (χ0n) is 16.7. The van der Waals surface area contributed by atoms with Crippen LogP contribution in [0.25, 0.3) is 0 Å². The lowest BCUT2D eigenvalue weighted by atomic mass is 10.0. The van der Waals surface area contributed by atoms with Gasteiger partial charge in [-0.25, -0.2) is 8.78 Å². The summed E-state index contributed by atoms with van der Waals surface area (Å²) < 4.78 is 36.7. The van der Waals surface area contributed by atoms with Gasteiger partial charge in [0.1, 0.15) is 28.8 Å². The van der Waals surface area contributed by atoms with E-state index in [1.807, 2.05) is 0 Å². The Bertz CT molecular complexity index is 998. The number of carbonyl (C=O) groups is 1. The smallest absolute Gasteiger partial charge is 0.265 e. The standard InChI is InChI=1S/C20H23F2N5O3S/c1-26-18(16-6-5-12(23)15(28)8-30-16)13(7-25-26)27-14(19(24)29)9-31-20(27)17-10(21)3-2-4-11(17)22/h2-4,7,9,12,15-16,20,28H,5-6,8,23H2,1H3,(H2,24,29)/t12-,15-,16+,20?/m0/s1. The second kappa shape index (κ2) is 8.58. The van der Waals surface area contributed by atoms with E-state index in [0.717, 1.165) is 11.8 Å². The van der Waals surface area contributed by atoms with Crippen molar-refractivity contribution < 1.29 is 23.4 Å². The second-order valence-corrected chi connectivity index (χ2v) is 8.48. The van der Waals surface area contributed by atoms with Crippen molar-refractivity contribution in [3.05, 3.63) is 58.4 Å². The molecule has 1 aromatic heterocycles. The Balaban J connectivity index is 1.79. The van der Waals surface area contributed by atoms with E-state index < -0.39 is 41.2 Å². The Morgan fingerprint density at radius 2 is 2.03 bits per heavy atom. The van der Waals surface area contributed by atoms with E-state index >= 15 is 0 Å². The van der Waals surface area contributed by atoms with Gasteiger partial charge in [0, 0.05) is 18.5 Å². The van der Waals surface area contributed by atoms with Crippen LogP contribution in [0, 0.1) is 11.6 Å². The number of halogens is 2. The molecule has 0 bridgehead atoms. The molecule has 5 N–H and O–H groups in total. The molecule has 1 amide bonds. The van der Waals surface area contributed by atoms with E-state index in [4.69, 9.17) is 16.2 Å². The minimum Gasteiger partial charge on any atom is -0.389 e. The van der Waals surface area contributed by atoms with Crippen molar-refractivity contribution in [1.29, 1.82) is 0 Å². The molecule has 11 heteroatoms. The number of hydrogen-bond donors (Lipinski definition) is 3. The van der Waals surface area contributed by atoms with Crippen LogP contribution in [0.1, 0.15) is 35.6 Å². The van der Waals surface area contributed by atoms with Gasteiger partial charge in [0.25, 0.3) is 5.91 Å². The molecular formula is C20H23F2N5O3S. The summed E-state index contributed by atoms with van der Waals surface area (Å²) in [5, 5.41) is 14.9. The number of primary amides is 1. The Morgan fingerprint density at radius 1 is 1.32 bits per heavy atom. The lowest BCUT2D eigenvalue weighted by Crippen LogP contribution is -2.35. The highest BCUT2D eigenvalue weighted by Crippen LogP contribution is 2.49. The number of anilines is 1. The first kappa shape index (κ1) is 21.8. The summed E-state index contributed by atoms with van der Waals surface area (Å²) in [5.74, 6) is -2.19. The minimum atomic E-state index is -0.898. The van der Waals surface area contributed by atoms with Crippen molar-refractivity contribution in [2.45, 2.75) is 36.5 Å². The van der Waals surface area contributed by atoms with Crippen LogP contribution in [0.3, 0.4) is 0 Å². The highest BCUT2D eigenvalue weighted by molar-refractivity contribution is 8.02. The maximum Gasteiger partial charge on any atom is 0.265 e. The molecule has 31 heavy (non-hydrogen) atoms. The number of thioether (sulfide) groups is 1. The highest BCUT2D eigenvalue weighted by Gasteiger charge is 2.39. The fourth-order valence-electron chi connectivity index (χ4n) is 3.92. The van der Waals surface area contributed by atoms with Crippen LogP contribution in [0.15, 0.2) is 35.5 Å². The molecule has 166 valence electrons. The van der Waals surface area contributed by atoms with Gasteiger partial charge in [0.15, 0.2) is 0 Å². The SMILES string of the molecule is Cn1ncc(N2C(C(N)=O)=CSC2c2c(F)cccc2F)c1[C@H]1CC[C@H](N)[C@@H](O)CO1. The molecule has 1 unspecified atom stereocenters. The molecule has 8 nitrogen and oxygen atoms in total. The second-order valence-electron chi connectivity index (χ2n) is 7.53. The molecule has 0 radical (unpaired) electrons. The number of carbonyl (C=O) groups excluding carboxylic acids is 1. The van der Waals surface area contributed by atoms with Crippen LogP contribution in [0.4, 0.5) is 14.5 Å². The highest BCUT2D eigenvalue weighted by atomic mass is 32.2. The van der Waals surface area contributed by atoms with Gasteiger partial charge in [0.05, 0.1) is 35.9 Å². The lowest BCUT2D eigenvalue weighted by Gasteiger charge is -2.30. The van der Waals surface area contributed by atoms with Crippen molar-refractivity contribution in [3.63, 3.8) is 0 Å². The average Bonchev–Trinajstić information content (AvgIpc) is 3.27. The zero-order chi connectivity index (χ0) is 22.3. The summed E-state index contributed by atoms with van der Waals surface area (Å²) in [6, 6.07) is 3.19. The van der Waals surface area contributed by atoms with Crippen LogP contribution in [0.2, 0.25) is 0 Å². The maximum absolute atomic E-state index is 14.6. The largest absolute Gasteiger partial charge is 0.389 e. The van der Waals surface area contributed by atoms with Gasteiger partial charge in [-0.3, -0.25) is 9.48 Å². The van der Waals surface area contributed by atoms with Gasteiger partial charge in [0.2, 0.25) is 0 Å². The van der Waals surface area contributed by atoms with Crippen LogP contribution in [-0.2, 0) is 16.6 Å². The number of nitrogens with zero attached hydrogens (tertiary/aromatic N) is 3. The average molecular weight is 451 g/mol. The topological polar surface area (TPSA) is 120 Å². The molecule has 1 saturated heterocycles. The molecule has 0 aliphatic carbocycles. The van der Waals surface area contributed by atoms with Crippen LogP contribution in [0.5, 0.6) is 0 Å². The molecule has 4 rings (SSSR count). The Morgan fingerprint density at radius 3 is 2.71 bits per heavy atom. The molecule has 1 fully saturated rings. The third-order valence-electron chi connectivity index (χ3n) is 5.56. The predicted octanol–water partition coefficient (Wildman–Crippen LogP) is 1.82. The summed E-state index contributed by atoms with van der Waals surface area (Å²) in [4.78, 5) is 13.7. The minimum absolute atomic E-state index is 0.0368. The van der Waals surface area contributed by atoms with E-state index in [1.54, 1.807) is 11.7 Å². The van der Waals surface area contributed by atoms with E-state index in [2.05, 4.69) is 5.10 Å². The molecule has 0 saturated carbocycles. The summed E-state index contributed by atoms with van der Waals surface area (Å²) >= 11 is 1.08. The number of aliphatic hydroxyl groups excluding tert-OH is 1. The van der Waals surface area contributed by atoms with Gasteiger partial charge >= 0.3 is 0 Å². The number of aryl methyl sites for hydroxylation is 1. The zero-order valence-corrected chi connectivity index (χ0v) is 17.6. The first-order valence-corrected chi connectivity index (χ1v) is 10.7. The Hall–Kier alpha value is -2.47. The van der Waals surface area contributed by atoms with Crippen LogP contribution in [-0.4, -0.2) is 39.5 Å². The number of aromatic nitrogens is 2. The van der Waals surface area contributed by atoms with Gasteiger partial charge in [-0.15, -0.1) is 11.8 Å². The summed E-state index contributed by atoms with van der Waals surface area (Å²) in [7, 11) is 1.71. The maximum atomic E-state index is 14.6. The molecule has 4 atom stereocenters. The van der Waals surface area contributed by atoms with Crippen molar-refractivity contribution in [2.24, 2.45) is 18.5 Å². The molecule has 3 heterocycles. The van der Waals surface area contributed by atoms with E-state index in [-0.39, 0.29) is 17.9 Å². The number of ether oxygens (including phenoxy) is 1. The third-order valence-corrected chi connectivity index (χ3v) is 6.62. The Kier molecular flexibility index (Phi) is 6.02. The molecule has 1 aromatic carbocycles. The van der Waals surface area contributed by atoms with E-state index in [0.29, 0.717) is 24.2 Å². The molecule has 0 spiro atoms. The predicted molar refractivity (Wildman–Crippen MR) is 112 cm³/mol. The number of amides is 1. The lowest BCUT2D eigenvalue weighted by molar-refractivity contribution is -0.114. The van der Waals surface area contributed by atoms with Gasteiger partial charge in [-0.05, 0) is 25.0 Å².